The van der Waals surface area contributed by atoms with Gasteiger partial charge in [0, 0.05) is 6.54 Å². The van der Waals surface area contributed by atoms with Gasteiger partial charge in [-0.15, -0.1) is 16.4 Å². The number of thiophene rings is 1. The maximum absolute atomic E-state index is 5.65. The third kappa shape index (κ3) is 2.84. The Morgan fingerprint density at radius 1 is 1.65 bits per heavy atom. The van der Waals surface area contributed by atoms with Crippen LogP contribution in [0.1, 0.15) is 30.6 Å². The molecule has 0 saturated heterocycles. The molecule has 0 fully saturated rings. The van der Waals surface area contributed by atoms with Gasteiger partial charge in [0.1, 0.15) is 0 Å². The second-order valence-electron chi connectivity index (χ2n) is 3.67. The van der Waals surface area contributed by atoms with E-state index in [1.54, 1.807) is 17.5 Å². The molecule has 1 unspecified atom stereocenters. The zero-order valence-electron chi connectivity index (χ0n) is 9.43. The highest BCUT2D eigenvalue weighted by Crippen LogP contribution is 2.26. The number of hydrogen-bond donors (Lipinski definition) is 2. The average molecular weight is 363 g/mol. The van der Waals surface area contributed by atoms with Crippen LogP contribution in [0.25, 0.3) is 0 Å². The lowest BCUT2D eigenvalue weighted by Crippen LogP contribution is -2.30. The van der Waals surface area contributed by atoms with E-state index in [2.05, 4.69) is 56.7 Å². The molecule has 2 aromatic heterocycles. The molecule has 5 nitrogen and oxygen atoms in total. The van der Waals surface area contributed by atoms with Crippen LogP contribution in [-0.2, 0) is 6.54 Å². The molecule has 17 heavy (non-hydrogen) atoms. The van der Waals surface area contributed by atoms with Gasteiger partial charge in [0.2, 0.25) is 0 Å². The summed E-state index contributed by atoms with van der Waals surface area (Å²) in [6.45, 7) is 2.97. The van der Waals surface area contributed by atoms with Crippen molar-refractivity contribution in [1.82, 2.24) is 20.4 Å². The van der Waals surface area contributed by atoms with Gasteiger partial charge < -0.3 is 0 Å². The molecule has 3 N–H and O–H groups in total. The Balaban J connectivity index is 2.31. The molecule has 2 rings (SSSR count). The van der Waals surface area contributed by atoms with E-state index in [-0.39, 0.29) is 6.04 Å². The third-order valence-corrected chi connectivity index (χ3v) is 4.27. The number of aryl methyl sites for hydroxylation is 1. The summed E-state index contributed by atoms with van der Waals surface area (Å²) >= 11 is 4.01. The van der Waals surface area contributed by atoms with Crippen LogP contribution >= 0.6 is 33.9 Å². The number of nitrogens with one attached hydrogen (secondary N) is 1. The summed E-state index contributed by atoms with van der Waals surface area (Å²) in [5.74, 6) is 5.65. The van der Waals surface area contributed by atoms with Gasteiger partial charge in [-0.3, -0.25) is 5.84 Å². The summed E-state index contributed by atoms with van der Waals surface area (Å²) < 4.78 is 3.14. The number of hydrogen-bond acceptors (Lipinski definition) is 5. The molecule has 0 saturated carbocycles. The van der Waals surface area contributed by atoms with Crippen molar-refractivity contribution in [3.63, 3.8) is 0 Å². The number of nitrogens with zero attached hydrogens (tertiary/aromatic N) is 3. The van der Waals surface area contributed by atoms with Crippen LogP contribution in [0.2, 0.25) is 0 Å². The molecule has 0 bridgehead atoms. The van der Waals surface area contributed by atoms with Crippen LogP contribution in [0.5, 0.6) is 0 Å². The van der Waals surface area contributed by atoms with Crippen LogP contribution in [0.4, 0.5) is 0 Å². The first kappa shape index (κ1) is 12.9. The first-order chi connectivity index (χ1) is 8.26. The second kappa shape index (κ2) is 5.89. The largest absolute Gasteiger partial charge is 0.271 e. The van der Waals surface area contributed by atoms with E-state index in [1.807, 2.05) is 4.68 Å². The Hall–Kier alpha value is -0.510. The smallest absolute Gasteiger partial charge is 0.0903 e. The van der Waals surface area contributed by atoms with Gasteiger partial charge in [-0.2, -0.15) is 0 Å². The molecule has 7 heteroatoms. The number of nitrogens with two attached hydrogens (primary N) is 1. The zero-order chi connectivity index (χ0) is 12.3. The van der Waals surface area contributed by atoms with Crippen molar-refractivity contribution in [2.45, 2.75) is 25.9 Å². The Morgan fingerprint density at radius 3 is 3.06 bits per heavy atom. The van der Waals surface area contributed by atoms with E-state index in [4.69, 9.17) is 5.84 Å². The summed E-state index contributed by atoms with van der Waals surface area (Å²) in [5.41, 5.74) is 4.99. The standard InChI is InChI=1S/C10H14IN5S/c1-2-3-16-8(5-13-15-16)10(14-12)7-4-9(11)17-6-7/h4-6,10,14H,2-3,12H2,1H3. The summed E-state index contributed by atoms with van der Waals surface area (Å²) in [4.78, 5) is 0. The van der Waals surface area contributed by atoms with E-state index in [0.29, 0.717) is 0 Å². The van der Waals surface area contributed by atoms with Crippen LogP contribution in [0.3, 0.4) is 0 Å². The van der Waals surface area contributed by atoms with Crippen molar-refractivity contribution in [2.24, 2.45) is 5.84 Å². The summed E-state index contributed by atoms with van der Waals surface area (Å²) in [7, 11) is 0. The van der Waals surface area contributed by atoms with Gasteiger partial charge in [-0.1, -0.05) is 12.1 Å². The van der Waals surface area contributed by atoms with Gasteiger partial charge in [0.05, 0.1) is 20.8 Å². The van der Waals surface area contributed by atoms with E-state index in [9.17, 15) is 0 Å². The van der Waals surface area contributed by atoms with Crippen molar-refractivity contribution in [2.75, 3.05) is 0 Å². The SMILES string of the molecule is CCCn1nncc1C(NN)c1csc(I)c1. The van der Waals surface area contributed by atoms with Crippen LogP contribution < -0.4 is 11.3 Å². The highest BCUT2D eigenvalue weighted by molar-refractivity contribution is 14.1. The number of hydrazine groups is 1. The molecule has 0 aliphatic rings. The van der Waals surface area contributed by atoms with E-state index >= 15 is 0 Å². The minimum absolute atomic E-state index is 0.0451. The van der Waals surface area contributed by atoms with Crippen molar-refractivity contribution < 1.29 is 0 Å². The highest BCUT2D eigenvalue weighted by Gasteiger charge is 2.18. The molecule has 0 amide bonds. The normalized spacial score (nSPS) is 12.9. The molecular formula is C10H14IN5S. The molecule has 0 aliphatic carbocycles. The van der Waals surface area contributed by atoms with E-state index in [1.165, 1.54) is 2.88 Å². The molecule has 2 heterocycles. The third-order valence-electron chi connectivity index (χ3n) is 2.47. The first-order valence-corrected chi connectivity index (χ1v) is 7.30. The second-order valence-corrected chi connectivity index (χ2v) is 6.47. The van der Waals surface area contributed by atoms with Gasteiger partial charge >= 0.3 is 0 Å². The molecule has 1 atom stereocenters. The van der Waals surface area contributed by atoms with E-state index in [0.717, 1.165) is 24.2 Å². The Kier molecular flexibility index (Phi) is 4.48. The number of rotatable bonds is 5. The summed E-state index contributed by atoms with van der Waals surface area (Å²) in [6.07, 6.45) is 2.79. The van der Waals surface area contributed by atoms with Gasteiger partial charge in [-0.05, 0) is 46.0 Å². The van der Waals surface area contributed by atoms with Crippen LogP contribution in [0.15, 0.2) is 17.6 Å². The predicted octanol–water partition coefficient (Wildman–Crippen LogP) is 1.91. The van der Waals surface area contributed by atoms with Crippen molar-refractivity contribution >= 4 is 33.9 Å². The van der Waals surface area contributed by atoms with Gasteiger partial charge in [0.25, 0.3) is 0 Å². The van der Waals surface area contributed by atoms with Gasteiger partial charge in [0.15, 0.2) is 0 Å². The highest BCUT2D eigenvalue weighted by atomic mass is 127. The lowest BCUT2D eigenvalue weighted by Gasteiger charge is -2.15. The fourth-order valence-electron chi connectivity index (χ4n) is 1.70. The molecule has 0 spiro atoms. The molecule has 2 aromatic rings. The van der Waals surface area contributed by atoms with Crippen molar-refractivity contribution in [3.8, 4) is 0 Å². The fraction of sp³-hybridized carbons (Fsp3) is 0.400. The van der Waals surface area contributed by atoms with Crippen LogP contribution in [0, 0.1) is 2.88 Å². The zero-order valence-corrected chi connectivity index (χ0v) is 12.4. The topological polar surface area (TPSA) is 68.8 Å². The Morgan fingerprint density at radius 2 is 2.47 bits per heavy atom. The van der Waals surface area contributed by atoms with E-state index < -0.39 is 0 Å². The summed E-state index contributed by atoms with van der Waals surface area (Å²) in [6, 6.07) is 2.08. The Bertz CT molecular complexity index is 481. The Labute approximate surface area is 118 Å². The maximum atomic E-state index is 5.65. The monoisotopic (exact) mass is 363 g/mol. The minimum Gasteiger partial charge on any atom is -0.271 e. The number of halogens is 1. The van der Waals surface area contributed by atoms with Crippen LogP contribution in [-0.4, -0.2) is 15.0 Å². The lowest BCUT2D eigenvalue weighted by atomic mass is 10.1. The molecule has 0 aliphatic heterocycles. The van der Waals surface area contributed by atoms with Crippen molar-refractivity contribution in [1.29, 1.82) is 0 Å². The van der Waals surface area contributed by atoms with Crippen molar-refractivity contribution in [3.05, 3.63) is 31.8 Å². The average Bonchev–Trinajstić information content (AvgIpc) is 2.91. The van der Waals surface area contributed by atoms with Gasteiger partial charge in [-0.25, -0.2) is 10.1 Å². The molecular weight excluding hydrogens is 349 g/mol. The molecule has 92 valence electrons. The fourth-order valence-corrected chi connectivity index (χ4v) is 3.10. The minimum atomic E-state index is -0.0451. The molecule has 0 aromatic carbocycles. The first-order valence-electron chi connectivity index (χ1n) is 5.34. The lowest BCUT2D eigenvalue weighted by molar-refractivity contribution is 0.512. The number of aromatic nitrogens is 3. The quantitative estimate of drug-likeness (QED) is 0.484. The summed E-state index contributed by atoms with van der Waals surface area (Å²) in [5, 5.41) is 10.1. The molecule has 0 radical (unpaired) electrons. The maximum Gasteiger partial charge on any atom is 0.0903 e. The predicted molar refractivity (Wildman–Crippen MR) is 76.5 cm³/mol.